The van der Waals surface area contributed by atoms with Gasteiger partial charge >= 0.3 is 0 Å². The summed E-state index contributed by atoms with van der Waals surface area (Å²) in [5.41, 5.74) is 3.36. The molecule has 1 aliphatic rings. The minimum atomic E-state index is -0.124. The second-order valence-corrected chi connectivity index (χ2v) is 6.11. The van der Waals surface area contributed by atoms with Crippen LogP contribution in [0, 0.1) is 0 Å². The van der Waals surface area contributed by atoms with Gasteiger partial charge in [0, 0.05) is 12.1 Å². The van der Waals surface area contributed by atoms with Gasteiger partial charge in [0.25, 0.3) is 5.56 Å². The number of phenolic OH excluding ortho intramolecular Hbond substituents is 1. The molecule has 24 heavy (non-hydrogen) atoms. The number of amides is 1. The number of aromatic nitrogens is 2. The number of carbonyl (C=O) groups is 1. The Labute approximate surface area is 139 Å². The molecule has 0 saturated carbocycles. The van der Waals surface area contributed by atoms with Crippen molar-refractivity contribution >= 4 is 5.91 Å². The molecular formula is C18H21N3O3. The van der Waals surface area contributed by atoms with E-state index < -0.39 is 0 Å². The molecule has 0 spiro atoms. The number of nitrogens with zero attached hydrogens (tertiary/aromatic N) is 1. The number of rotatable bonds is 5. The fourth-order valence-corrected chi connectivity index (χ4v) is 3.10. The van der Waals surface area contributed by atoms with Crippen LogP contribution in [-0.4, -0.2) is 27.8 Å². The Hall–Kier alpha value is -2.63. The summed E-state index contributed by atoms with van der Waals surface area (Å²) in [4.78, 5) is 24.0. The van der Waals surface area contributed by atoms with Crippen LogP contribution in [0.25, 0.3) is 0 Å². The van der Waals surface area contributed by atoms with Gasteiger partial charge in [-0.3, -0.25) is 9.59 Å². The zero-order chi connectivity index (χ0) is 16.9. The molecule has 1 aliphatic carbocycles. The van der Waals surface area contributed by atoms with E-state index in [1.54, 1.807) is 12.1 Å². The summed E-state index contributed by atoms with van der Waals surface area (Å²) in [5.74, 6) is 0.137. The lowest BCUT2D eigenvalue weighted by Crippen LogP contribution is -2.30. The van der Waals surface area contributed by atoms with Crippen molar-refractivity contribution in [2.24, 2.45) is 0 Å². The molecule has 2 aromatic rings. The van der Waals surface area contributed by atoms with E-state index in [2.05, 4.69) is 15.5 Å². The highest BCUT2D eigenvalue weighted by atomic mass is 16.3. The second-order valence-electron chi connectivity index (χ2n) is 6.11. The molecule has 126 valence electrons. The zero-order valence-electron chi connectivity index (χ0n) is 13.5. The Kier molecular flexibility index (Phi) is 4.93. The van der Waals surface area contributed by atoms with E-state index in [1.807, 2.05) is 12.1 Å². The van der Waals surface area contributed by atoms with Crippen LogP contribution in [0.4, 0.5) is 0 Å². The van der Waals surface area contributed by atoms with Gasteiger partial charge < -0.3 is 10.4 Å². The quantitative estimate of drug-likeness (QED) is 0.770. The summed E-state index contributed by atoms with van der Waals surface area (Å²) in [5, 5.41) is 18.7. The third-order valence-electron chi connectivity index (χ3n) is 4.38. The minimum absolute atomic E-state index is 0.0962. The summed E-state index contributed by atoms with van der Waals surface area (Å²) in [6, 6.07) is 6.93. The predicted octanol–water partition coefficient (Wildman–Crippen LogP) is 1.26. The van der Waals surface area contributed by atoms with Crippen LogP contribution in [0.3, 0.4) is 0 Å². The van der Waals surface area contributed by atoms with Crippen molar-refractivity contribution in [3.63, 3.8) is 0 Å². The number of phenols is 1. The van der Waals surface area contributed by atoms with Gasteiger partial charge in [-0.05, 0) is 55.4 Å². The second kappa shape index (κ2) is 7.29. The maximum atomic E-state index is 12.1. The molecule has 0 unspecified atom stereocenters. The highest BCUT2D eigenvalue weighted by Gasteiger charge is 2.19. The molecule has 3 N–H and O–H groups in total. The van der Waals surface area contributed by atoms with Gasteiger partial charge in [-0.1, -0.05) is 12.1 Å². The maximum absolute atomic E-state index is 12.1. The molecule has 0 bridgehead atoms. The van der Waals surface area contributed by atoms with E-state index in [9.17, 15) is 14.7 Å². The van der Waals surface area contributed by atoms with Crippen molar-refractivity contribution in [3.8, 4) is 5.75 Å². The Morgan fingerprint density at radius 2 is 1.88 bits per heavy atom. The topological polar surface area (TPSA) is 95.1 Å². The van der Waals surface area contributed by atoms with Gasteiger partial charge in [-0.2, -0.15) is 5.10 Å². The fourth-order valence-electron chi connectivity index (χ4n) is 3.10. The van der Waals surface area contributed by atoms with Crippen LogP contribution in [0.5, 0.6) is 5.75 Å². The predicted molar refractivity (Wildman–Crippen MR) is 90.0 cm³/mol. The molecule has 0 atom stereocenters. The van der Waals surface area contributed by atoms with E-state index in [0.29, 0.717) is 18.7 Å². The van der Waals surface area contributed by atoms with Crippen LogP contribution in [-0.2, 0) is 30.5 Å². The monoisotopic (exact) mass is 327 g/mol. The van der Waals surface area contributed by atoms with Gasteiger partial charge in [-0.25, -0.2) is 5.10 Å². The summed E-state index contributed by atoms with van der Waals surface area (Å²) in [6.45, 7) is 0.523. The smallest absolute Gasteiger partial charge is 0.267 e. The molecule has 1 heterocycles. The third-order valence-corrected chi connectivity index (χ3v) is 4.38. The van der Waals surface area contributed by atoms with Crippen molar-refractivity contribution in [2.45, 2.75) is 38.5 Å². The van der Waals surface area contributed by atoms with Crippen molar-refractivity contribution in [2.75, 3.05) is 6.54 Å². The summed E-state index contributed by atoms with van der Waals surface area (Å²) >= 11 is 0. The molecule has 1 aromatic heterocycles. The van der Waals surface area contributed by atoms with Crippen molar-refractivity contribution < 1.29 is 9.90 Å². The third kappa shape index (κ3) is 3.82. The summed E-state index contributed by atoms with van der Waals surface area (Å²) in [7, 11) is 0. The highest BCUT2D eigenvalue weighted by molar-refractivity contribution is 5.78. The largest absolute Gasteiger partial charge is 0.508 e. The first-order valence-electron chi connectivity index (χ1n) is 8.27. The van der Waals surface area contributed by atoms with Crippen molar-refractivity contribution in [3.05, 3.63) is 57.0 Å². The van der Waals surface area contributed by atoms with E-state index in [4.69, 9.17) is 0 Å². The van der Waals surface area contributed by atoms with Gasteiger partial charge in [0.15, 0.2) is 0 Å². The first-order chi connectivity index (χ1) is 11.6. The molecule has 6 nitrogen and oxygen atoms in total. The minimum Gasteiger partial charge on any atom is -0.508 e. The number of H-pyrrole nitrogens is 1. The normalized spacial score (nSPS) is 13.3. The van der Waals surface area contributed by atoms with Gasteiger partial charge in [-0.15, -0.1) is 0 Å². The Bertz CT molecular complexity index is 781. The molecule has 1 amide bonds. The number of nitrogens with one attached hydrogen (secondary N) is 2. The molecule has 0 radical (unpaired) electrons. The van der Waals surface area contributed by atoms with Crippen LogP contribution >= 0.6 is 0 Å². The first-order valence-corrected chi connectivity index (χ1v) is 8.27. The van der Waals surface area contributed by atoms with Crippen LogP contribution in [0.15, 0.2) is 29.1 Å². The van der Waals surface area contributed by atoms with Gasteiger partial charge in [0.05, 0.1) is 12.1 Å². The highest BCUT2D eigenvalue weighted by Crippen LogP contribution is 2.20. The number of aromatic hydroxyl groups is 1. The zero-order valence-corrected chi connectivity index (χ0v) is 13.5. The molecular weight excluding hydrogens is 306 g/mol. The van der Waals surface area contributed by atoms with Crippen LogP contribution < -0.4 is 10.9 Å². The summed E-state index contributed by atoms with van der Waals surface area (Å²) < 4.78 is 0. The number of aromatic amines is 1. The molecule has 6 heteroatoms. The van der Waals surface area contributed by atoms with Crippen molar-refractivity contribution in [1.29, 1.82) is 0 Å². The number of benzene rings is 1. The van der Waals surface area contributed by atoms with E-state index in [0.717, 1.165) is 42.4 Å². The number of hydrogen-bond acceptors (Lipinski definition) is 4. The van der Waals surface area contributed by atoms with Crippen LogP contribution in [0.1, 0.15) is 35.2 Å². The molecule has 1 aromatic carbocycles. The van der Waals surface area contributed by atoms with Gasteiger partial charge in [0.1, 0.15) is 5.75 Å². The lowest BCUT2D eigenvalue weighted by Gasteiger charge is -2.17. The maximum Gasteiger partial charge on any atom is 0.267 e. The lowest BCUT2D eigenvalue weighted by atomic mass is 9.91. The number of carbonyl (C=O) groups excluding carboxylic acids is 1. The number of hydrogen-bond donors (Lipinski definition) is 3. The first kappa shape index (κ1) is 16.2. The molecule has 0 aliphatic heterocycles. The van der Waals surface area contributed by atoms with E-state index in [1.165, 1.54) is 0 Å². The Balaban J connectivity index is 1.57. The fraction of sp³-hybridized carbons (Fsp3) is 0.389. The lowest BCUT2D eigenvalue weighted by molar-refractivity contribution is -0.120. The summed E-state index contributed by atoms with van der Waals surface area (Å²) in [6.07, 6.45) is 4.52. The van der Waals surface area contributed by atoms with Gasteiger partial charge in [0.2, 0.25) is 5.91 Å². The van der Waals surface area contributed by atoms with Crippen molar-refractivity contribution in [1.82, 2.24) is 15.5 Å². The molecule has 3 rings (SSSR count). The average Bonchev–Trinajstić information content (AvgIpc) is 2.59. The molecule has 0 fully saturated rings. The van der Waals surface area contributed by atoms with E-state index >= 15 is 0 Å². The average molecular weight is 327 g/mol. The Morgan fingerprint density at radius 1 is 1.17 bits per heavy atom. The molecule has 0 saturated heterocycles. The number of fused-ring (bicyclic) bond motifs is 1. The van der Waals surface area contributed by atoms with Crippen LogP contribution in [0.2, 0.25) is 0 Å². The standard InChI is InChI=1S/C18H21N3O3/c22-13-7-5-12(6-8-13)9-10-19-17(23)11-16-14-3-1-2-4-15(14)18(24)21-20-16/h5-8,22H,1-4,9-11H2,(H,19,23)(H,21,24). The SMILES string of the molecule is O=C(Cc1n[nH]c(=O)c2c1CCCC2)NCCc1ccc(O)cc1. The Morgan fingerprint density at radius 3 is 2.62 bits per heavy atom. The van der Waals surface area contributed by atoms with E-state index in [-0.39, 0.29) is 23.6 Å².